The van der Waals surface area contributed by atoms with Gasteiger partial charge in [-0.15, -0.1) is 0 Å². The normalized spacial score (nSPS) is 10.2. The zero-order valence-electron chi connectivity index (χ0n) is 7.95. The Morgan fingerprint density at radius 2 is 0.706 bits per heavy atom. The third-order valence-electron chi connectivity index (χ3n) is 0. The van der Waals surface area contributed by atoms with Gasteiger partial charge in [-0.3, -0.25) is 22.1 Å². The first-order valence-electron chi connectivity index (χ1n) is 2.05. The Morgan fingerprint density at radius 1 is 0.706 bits per heavy atom. The minimum atomic E-state index is -5.17. The number of hydrogen-bond acceptors (Lipinski definition) is 9. The van der Waals surface area contributed by atoms with E-state index in [1.54, 1.807) is 0 Å². The average molecular weight is 339 g/mol. The Balaban J connectivity index is -0.0000000400. The molecule has 0 aromatic heterocycles. The summed E-state index contributed by atoms with van der Waals surface area (Å²) in [5.41, 5.74) is 0. The van der Waals surface area contributed by atoms with E-state index in [1.807, 2.05) is 0 Å². The van der Waals surface area contributed by atoms with Crippen LogP contribution in [0.4, 0.5) is 0 Å². The first-order chi connectivity index (χ1) is 6.00. The molecule has 0 fully saturated rings. The fraction of sp³-hybridized carbons (Fsp3) is 0. The molecular weight excluding hydrogens is 335 g/mol. The summed E-state index contributed by atoms with van der Waals surface area (Å²) in [6.07, 6.45) is 0. The van der Waals surface area contributed by atoms with Gasteiger partial charge in [-0.25, -0.2) is 8.42 Å². The Hall–Kier alpha value is 1.38. The summed E-state index contributed by atoms with van der Waals surface area (Å²) < 4.78 is 98.5. The van der Waals surface area contributed by atoms with Crippen LogP contribution in [0.1, 0.15) is 0 Å². The molecule has 0 rings (SSSR count). The van der Waals surface area contributed by atoms with Crippen molar-refractivity contribution in [1.29, 1.82) is 0 Å². The summed E-state index contributed by atoms with van der Waals surface area (Å²) in [7, 11) is -14.7. The van der Waals surface area contributed by atoms with Crippen LogP contribution in [0.3, 0.4) is 0 Å². The first kappa shape index (κ1) is 31.0. The predicted molar refractivity (Wildman–Crippen MR) is 42.7 cm³/mol. The van der Waals surface area contributed by atoms with Crippen molar-refractivity contribution < 1.29 is 82.1 Å². The molecule has 0 aromatic carbocycles. The van der Waals surface area contributed by atoms with E-state index in [1.165, 1.54) is 0 Å². The van der Waals surface area contributed by atoms with Gasteiger partial charge in [0.05, 0.1) is 0 Å². The van der Waals surface area contributed by atoms with E-state index >= 15 is 0 Å². The molecule has 0 unspecified atom stereocenters. The van der Waals surface area contributed by atoms with E-state index in [9.17, 15) is 0 Å². The largest absolute Gasteiger partial charge is 2.00 e. The van der Waals surface area contributed by atoms with Crippen molar-refractivity contribution in [3.63, 3.8) is 0 Å². The zero-order chi connectivity index (χ0) is 13.5. The molecular formula is H3MgNaO12S3. The SMILES string of the molecule is O=S(=O)(O)O.O=S(=O)([O-])O.O=S(=O)([O-])[O-].[Mg+2].[Na+]. The van der Waals surface area contributed by atoms with Crippen LogP contribution >= 0.6 is 0 Å². The molecule has 0 amide bonds. The van der Waals surface area contributed by atoms with E-state index < -0.39 is 31.2 Å². The standard InChI is InChI=1S/Mg.Na.3H2O4S/c;;3*1-5(2,3)4/h;;3*(H2,1,2,3,4)/q+2;+1;;;/p-3. The molecule has 0 aromatic rings. The molecule has 0 bridgehead atoms. The second-order valence-electron chi connectivity index (χ2n) is 1.28. The van der Waals surface area contributed by atoms with Gasteiger partial charge in [0, 0.05) is 10.4 Å². The molecule has 0 spiro atoms. The minimum absolute atomic E-state index is 0. The molecule has 12 nitrogen and oxygen atoms in total. The van der Waals surface area contributed by atoms with Crippen LogP contribution in [0, 0.1) is 0 Å². The Labute approximate surface area is 135 Å². The fourth-order valence-electron chi connectivity index (χ4n) is 0. The van der Waals surface area contributed by atoms with Crippen molar-refractivity contribution in [2.75, 3.05) is 0 Å². The molecule has 96 valence electrons. The zero-order valence-corrected chi connectivity index (χ0v) is 13.8. The molecule has 17 heavy (non-hydrogen) atoms. The quantitative estimate of drug-likeness (QED) is 0.212. The summed E-state index contributed by atoms with van der Waals surface area (Å²) in [6.45, 7) is 0. The van der Waals surface area contributed by atoms with E-state index in [2.05, 4.69) is 0 Å². The molecule has 0 aliphatic carbocycles. The molecule has 17 heteroatoms. The van der Waals surface area contributed by atoms with Gasteiger partial charge in [0.25, 0.3) is 0 Å². The molecule has 3 N–H and O–H groups in total. The van der Waals surface area contributed by atoms with Crippen molar-refractivity contribution in [2.45, 2.75) is 0 Å². The van der Waals surface area contributed by atoms with Crippen LogP contribution in [-0.2, 0) is 31.2 Å². The first-order valence-corrected chi connectivity index (χ1v) is 6.14. The summed E-state index contributed by atoms with van der Waals surface area (Å²) in [5, 5.41) is 0. The van der Waals surface area contributed by atoms with Gasteiger partial charge in [0.2, 0.25) is 10.4 Å². The number of hydrogen-bond donors (Lipinski definition) is 3. The van der Waals surface area contributed by atoms with Gasteiger partial charge >= 0.3 is 63.0 Å². The summed E-state index contributed by atoms with van der Waals surface area (Å²) in [5.74, 6) is 0. The molecule has 0 saturated carbocycles. The van der Waals surface area contributed by atoms with E-state index in [0.717, 1.165) is 0 Å². The smallest absolute Gasteiger partial charge is 0.759 e. The van der Waals surface area contributed by atoms with Crippen molar-refractivity contribution in [3.05, 3.63) is 0 Å². The topological polar surface area (TPSA) is 232 Å². The van der Waals surface area contributed by atoms with E-state index in [0.29, 0.717) is 0 Å². The number of rotatable bonds is 0. The second kappa shape index (κ2) is 12.4. The van der Waals surface area contributed by atoms with Crippen LogP contribution in [0.2, 0.25) is 0 Å². The second-order valence-corrected chi connectivity index (χ2v) is 3.85. The molecule has 0 atom stereocenters. The monoisotopic (exact) mass is 338 g/mol. The van der Waals surface area contributed by atoms with E-state index in [4.69, 9.17) is 52.6 Å². The minimum Gasteiger partial charge on any atom is -0.759 e. The fourth-order valence-corrected chi connectivity index (χ4v) is 0. The Bertz CT molecular complexity index is 343. The summed E-state index contributed by atoms with van der Waals surface area (Å²) >= 11 is 0. The third-order valence-corrected chi connectivity index (χ3v) is 0. The Kier molecular flexibility index (Phi) is 22.6. The van der Waals surface area contributed by atoms with Crippen molar-refractivity contribution in [2.24, 2.45) is 0 Å². The van der Waals surface area contributed by atoms with Crippen LogP contribution in [0.25, 0.3) is 0 Å². The maximum atomic E-state index is 8.74. The van der Waals surface area contributed by atoms with Gasteiger partial charge < -0.3 is 13.7 Å². The molecule has 0 radical (unpaired) electrons. The maximum Gasteiger partial charge on any atom is 2.00 e. The molecule has 0 heterocycles. The molecule has 0 aliphatic rings. The Morgan fingerprint density at radius 3 is 0.706 bits per heavy atom. The van der Waals surface area contributed by atoms with Crippen LogP contribution in [0.5, 0.6) is 0 Å². The van der Waals surface area contributed by atoms with Gasteiger partial charge in [-0.05, 0) is 0 Å². The summed E-state index contributed by atoms with van der Waals surface area (Å²) in [6, 6.07) is 0. The van der Waals surface area contributed by atoms with Gasteiger partial charge in [0.15, 0.2) is 0 Å². The van der Waals surface area contributed by atoms with Gasteiger partial charge in [0.1, 0.15) is 0 Å². The third kappa shape index (κ3) is 2170. The van der Waals surface area contributed by atoms with Gasteiger partial charge in [-0.2, -0.15) is 8.42 Å². The maximum absolute atomic E-state index is 8.74. The van der Waals surface area contributed by atoms with Crippen molar-refractivity contribution >= 4 is 54.2 Å². The van der Waals surface area contributed by atoms with Crippen molar-refractivity contribution in [3.8, 4) is 0 Å². The summed E-state index contributed by atoms with van der Waals surface area (Å²) in [4.78, 5) is 0. The van der Waals surface area contributed by atoms with Crippen LogP contribution in [-0.4, -0.2) is 75.6 Å². The van der Waals surface area contributed by atoms with Gasteiger partial charge in [-0.1, -0.05) is 0 Å². The van der Waals surface area contributed by atoms with Crippen LogP contribution in [0.15, 0.2) is 0 Å². The molecule has 0 aliphatic heterocycles. The van der Waals surface area contributed by atoms with Crippen LogP contribution < -0.4 is 29.6 Å². The average Bonchev–Trinajstić information content (AvgIpc) is 1.41. The predicted octanol–water partition coefficient (Wildman–Crippen LogP) is -6.36. The molecule has 0 saturated heterocycles. The van der Waals surface area contributed by atoms with Crippen molar-refractivity contribution in [1.82, 2.24) is 0 Å². The van der Waals surface area contributed by atoms with E-state index in [-0.39, 0.29) is 52.6 Å².